The van der Waals surface area contributed by atoms with Crippen LogP contribution in [0.15, 0.2) is 55.6 Å². The lowest BCUT2D eigenvalue weighted by molar-refractivity contribution is -0.151. The highest BCUT2D eigenvalue weighted by Gasteiger charge is 2.77. The van der Waals surface area contributed by atoms with Gasteiger partial charge in [-0.3, -0.25) is 19.3 Å². The molecular weight excluding hydrogens is 616 g/mol. The molecule has 0 aromatic heterocycles. The van der Waals surface area contributed by atoms with Crippen molar-refractivity contribution in [2.45, 2.75) is 41.5 Å². The summed E-state index contributed by atoms with van der Waals surface area (Å²) in [4.78, 5) is 50.0. The standard InChI is InChI=1S/C32H43BrN4O6/c1-4-11-34(3)29(39)25-26-30(40)37(23(21-38)19-22-9-7-6-8-10-22)28(32(26)20-24(33)27(25)43-32)31(41)36(12-5-2)14-13-35-15-17-42-18-16-35/h4-10,23-28,38H,1-2,11-21H2,3H3/t23-,24?,25+,26+,27+,28?,32?/m1/s1. The summed E-state index contributed by atoms with van der Waals surface area (Å²) in [5, 5.41) is 10.7. The fourth-order valence-electron chi connectivity index (χ4n) is 7.40. The summed E-state index contributed by atoms with van der Waals surface area (Å²) in [5.74, 6) is -2.36. The van der Waals surface area contributed by atoms with E-state index in [2.05, 4.69) is 34.0 Å². The lowest BCUT2D eigenvalue weighted by atomic mass is 9.70. The van der Waals surface area contributed by atoms with E-state index >= 15 is 0 Å². The zero-order chi connectivity index (χ0) is 30.7. The van der Waals surface area contributed by atoms with Crippen molar-refractivity contribution in [3.63, 3.8) is 0 Å². The molecule has 43 heavy (non-hydrogen) atoms. The molecule has 1 aromatic rings. The van der Waals surface area contributed by atoms with E-state index in [1.165, 1.54) is 0 Å². The van der Waals surface area contributed by atoms with Gasteiger partial charge in [0.15, 0.2) is 0 Å². The van der Waals surface area contributed by atoms with Crippen molar-refractivity contribution in [3.05, 3.63) is 61.2 Å². The summed E-state index contributed by atoms with van der Waals surface area (Å²) < 4.78 is 12.2. The Hall–Kier alpha value is -2.57. The fraction of sp³-hybridized carbons (Fsp3) is 0.594. The first-order chi connectivity index (χ1) is 20.8. The van der Waals surface area contributed by atoms with E-state index < -0.39 is 35.6 Å². The Labute approximate surface area is 262 Å². The van der Waals surface area contributed by atoms with Gasteiger partial charge in [0.2, 0.25) is 17.7 Å². The van der Waals surface area contributed by atoms with Crippen molar-refractivity contribution < 1.29 is 29.0 Å². The fourth-order valence-corrected chi connectivity index (χ4v) is 8.35. The van der Waals surface area contributed by atoms with E-state index in [4.69, 9.17) is 9.47 Å². The third-order valence-corrected chi connectivity index (χ3v) is 10.2. The highest BCUT2D eigenvalue weighted by atomic mass is 79.9. The van der Waals surface area contributed by atoms with Gasteiger partial charge >= 0.3 is 0 Å². The number of aliphatic hydroxyl groups is 1. The molecule has 0 aliphatic carbocycles. The number of halogens is 1. The van der Waals surface area contributed by atoms with Crippen molar-refractivity contribution in [2.24, 2.45) is 11.8 Å². The first kappa shape index (κ1) is 31.8. The smallest absolute Gasteiger partial charge is 0.248 e. The predicted octanol–water partition coefficient (Wildman–Crippen LogP) is 1.33. The molecule has 0 radical (unpaired) electrons. The first-order valence-corrected chi connectivity index (χ1v) is 16.0. The monoisotopic (exact) mass is 658 g/mol. The van der Waals surface area contributed by atoms with Crippen molar-refractivity contribution in [1.82, 2.24) is 19.6 Å². The van der Waals surface area contributed by atoms with Gasteiger partial charge in [-0.2, -0.15) is 0 Å². The van der Waals surface area contributed by atoms with Gasteiger partial charge in [-0.05, 0) is 18.4 Å². The van der Waals surface area contributed by atoms with Gasteiger partial charge in [-0.15, -0.1) is 13.2 Å². The average Bonchev–Trinajstić information content (AvgIpc) is 3.61. The second kappa shape index (κ2) is 13.6. The molecule has 11 heteroatoms. The van der Waals surface area contributed by atoms with E-state index in [0.717, 1.165) is 18.7 Å². The van der Waals surface area contributed by atoms with Crippen molar-refractivity contribution in [1.29, 1.82) is 0 Å². The summed E-state index contributed by atoms with van der Waals surface area (Å²) in [6.45, 7) is 11.9. The third kappa shape index (κ3) is 5.94. The summed E-state index contributed by atoms with van der Waals surface area (Å²) in [6.07, 6.45) is 3.56. The molecule has 4 aliphatic rings. The average molecular weight is 660 g/mol. The molecule has 4 heterocycles. The van der Waals surface area contributed by atoms with Crippen LogP contribution in [0.25, 0.3) is 0 Å². The second-order valence-corrected chi connectivity index (χ2v) is 13.1. The molecule has 0 saturated carbocycles. The Bertz CT molecular complexity index is 1200. The number of rotatable bonds is 13. The Morgan fingerprint density at radius 3 is 2.51 bits per heavy atom. The van der Waals surface area contributed by atoms with Crippen LogP contribution in [0.2, 0.25) is 0 Å². The van der Waals surface area contributed by atoms with Crippen LogP contribution in [0.3, 0.4) is 0 Å². The Morgan fingerprint density at radius 1 is 1.16 bits per heavy atom. The van der Waals surface area contributed by atoms with Crippen molar-refractivity contribution >= 4 is 33.7 Å². The normalized spacial score (nSPS) is 30.6. The molecule has 7 atom stereocenters. The number of nitrogens with zero attached hydrogens (tertiary/aromatic N) is 4. The molecule has 2 bridgehead atoms. The lowest BCUT2D eigenvalue weighted by Gasteiger charge is -2.40. The first-order valence-electron chi connectivity index (χ1n) is 15.1. The SMILES string of the molecule is C=CCN(C)C(=O)[C@H]1[C@H]2C(=O)N([C@@H](CO)Cc3ccccc3)C(C(=O)N(CC=C)CCN3CCOCC3)C23CC(Br)[C@@H]1O3. The molecule has 3 unspecified atom stereocenters. The minimum Gasteiger partial charge on any atom is -0.394 e. The zero-order valence-electron chi connectivity index (χ0n) is 24.9. The van der Waals surface area contributed by atoms with E-state index in [1.54, 1.807) is 33.9 Å². The van der Waals surface area contributed by atoms with Crippen molar-refractivity contribution in [2.75, 3.05) is 66.1 Å². The molecule has 4 saturated heterocycles. The van der Waals surface area contributed by atoms with Crippen LogP contribution >= 0.6 is 15.9 Å². The number of aliphatic hydroxyl groups excluding tert-OH is 1. The van der Waals surface area contributed by atoms with Crippen molar-refractivity contribution in [3.8, 4) is 0 Å². The Kier molecular flexibility index (Phi) is 10.1. The molecule has 1 N–H and O–H groups in total. The van der Waals surface area contributed by atoms with Crippen LogP contribution in [0.1, 0.15) is 12.0 Å². The number of likely N-dealkylation sites (tertiary alicyclic amines) is 1. The number of ether oxygens (including phenoxy) is 2. The van der Waals surface area contributed by atoms with Crippen LogP contribution in [0, 0.1) is 11.8 Å². The Balaban J connectivity index is 1.53. The molecule has 3 amide bonds. The van der Waals surface area contributed by atoms with Crippen LogP contribution in [-0.4, -0.2) is 137 Å². The summed E-state index contributed by atoms with van der Waals surface area (Å²) in [5.41, 5.74) is -0.266. The van der Waals surface area contributed by atoms with Gasteiger partial charge in [-0.25, -0.2) is 0 Å². The zero-order valence-corrected chi connectivity index (χ0v) is 26.4. The molecular formula is C32H43BrN4O6. The van der Waals surface area contributed by atoms with Crippen LogP contribution < -0.4 is 0 Å². The number of alkyl halides is 1. The number of morpholine rings is 1. The summed E-state index contributed by atoms with van der Waals surface area (Å²) in [6, 6.07) is 7.95. The Morgan fingerprint density at radius 2 is 1.86 bits per heavy atom. The van der Waals surface area contributed by atoms with Crippen LogP contribution in [0.5, 0.6) is 0 Å². The number of fused-ring (bicyclic) bond motifs is 1. The number of hydrogen-bond acceptors (Lipinski definition) is 7. The van der Waals surface area contributed by atoms with E-state index in [1.807, 2.05) is 30.3 Å². The number of likely N-dealkylation sites (N-methyl/N-ethyl adjacent to an activating group) is 1. The van der Waals surface area contributed by atoms with Gasteiger partial charge in [-0.1, -0.05) is 58.4 Å². The quantitative estimate of drug-likeness (QED) is 0.252. The minimum absolute atomic E-state index is 0.207. The number of amides is 3. The maximum atomic E-state index is 14.7. The van der Waals surface area contributed by atoms with E-state index in [0.29, 0.717) is 52.2 Å². The topological polar surface area (TPSA) is 103 Å². The third-order valence-electron chi connectivity index (χ3n) is 9.39. The second-order valence-electron chi connectivity index (χ2n) is 12.0. The molecule has 5 rings (SSSR count). The summed E-state index contributed by atoms with van der Waals surface area (Å²) >= 11 is 3.74. The minimum atomic E-state index is -1.20. The van der Waals surface area contributed by atoms with Crippen LogP contribution in [-0.2, 0) is 30.3 Å². The molecule has 234 valence electrons. The van der Waals surface area contributed by atoms with Gasteiger partial charge in [0.1, 0.15) is 11.6 Å². The highest BCUT2D eigenvalue weighted by molar-refractivity contribution is 9.09. The molecule has 1 spiro atoms. The largest absolute Gasteiger partial charge is 0.394 e. The number of benzene rings is 1. The molecule has 4 aliphatic heterocycles. The number of carbonyl (C=O) groups excluding carboxylic acids is 3. The van der Waals surface area contributed by atoms with Gasteiger partial charge in [0.05, 0.1) is 43.8 Å². The maximum Gasteiger partial charge on any atom is 0.248 e. The lowest BCUT2D eigenvalue weighted by Crippen LogP contribution is -2.60. The molecule has 1 aromatic carbocycles. The van der Waals surface area contributed by atoms with Gasteiger partial charge < -0.3 is 29.3 Å². The molecule has 10 nitrogen and oxygen atoms in total. The predicted molar refractivity (Wildman–Crippen MR) is 165 cm³/mol. The molecule has 4 fully saturated rings. The number of carbonyl (C=O) groups is 3. The van der Waals surface area contributed by atoms with E-state index in [9.17, 15) is 19.5 Å². The van der Waals surface area contributed by atoms with Gasteiger partial charge in [0, 0.05) is 51.1 Å². The van der Waals surface area contributed by atoms with Crippen LogP contribution in [0.4, 0.5) is 0 Å². The maximum absolute atomic E-state index is 14.7. The van der Waals surface area contributed by atoms with E-state index in [-0.39, 0.29) is 29.2 Å². The summed E-state index contributed by atoms with van der Waals surface area (Å²) in [7, 11) is 1.69. The van der Waals surface area contributed by atoms with Gasteiger partial charge in [0.25, 0.3) is 0 Å². The highest BCUT2D eigenvalue weighted by Crippen LogP contribution is 2.60. The number of hydrogen-bond donors (Lipinski definition) is 1.